The zero-order valence-electron chi connectivity index (χ0n) is 10.2. The van der Waals surface area contributed by atoms with Crippen molar-refractivity contribution in [3.8, 4) is 0 Å². The molecule has 0 aliphatic rings. The molecule has 2 aromatic carbocycles. The zero-order valence-corrected chi connectivity index (χ0v) is 12.6. The maximum Gasteiger partial charge on any atom is 0.126 e. The zero-order chi connectivity index (χ0) is 13.8. The largest absolute Gasteiger partial charge is 0.330 e. The van der Waals surface area contributed by atoms with Crippen molar-refractivity contribution in [2.45, 2.75) is 12.3 Å². The van der Waals surface area contributed by atoms with Crippen LogP contribution in [0.5, 0.6) is 0 Å². The van der Waals surface area contributed by atoms with E-state index in [1.165, 1.54) is 6.07 Å². The third kappa shape index (κ3) is 3.56. The minimum Gasteiger partial charge on any atom is -0.330 e. The fourth-order valence-electron chi connectivity index (χ4n) is 2.09. The first-order valence-corrected chi connectivity index (χ1v) is 7.17. The molecule has 0 heterocycles. The van der Waals surface area contributed by atoms with Crippen LogP contribution in [0.1, 0.15) is 17.0 Å². The van der Waals surface area contributed by atoms with E-state index in [4.69, 9.17) is 17.3 Å². The van der Waals surface area contributed by atoms with Gasteiger partial charge < -0.3 is 5.73 Å². The summed E-state index contributed by atoms with van der Waals surface area (Å²) < 4.78 is 14.8. The highest BCUT2D eigenvalue weighted by Crippen LogP contribution is 2.28. The smallest absolute Gasteiger partial charge is 0.126 e. The Balaban J connectivity index is 2.29. The second kappa shape index (κ2) is 6.51. The summed E-state index contributed by atoms with van der Waals surface area (Å²) in [6.07, 6.45) is 0.533. The van der Waals surface area contributed by atoms with Crippen molar-refractivity contribution in [3.63, 3.8) is 0 Å². The minimum absolute atomic E-state index is 0.0588. The molecular weight excluding hydrogens is 329 g/mol. The van der Waals surface area contributed by atoms with Crippen molar-refractivity contribution in [2.24, 2.45) is 5.73 Å². The van der Waals surface area contributed by atoms with Crippen molar-refractivity contribution < 1.29 is 4.39 Å². The first kappa shape index (κ1) is 14.5. The van der Waals surface area contributed by atoms with Crippen LogP contribution in [-0.2, 0) is 6.42 Å². The van der Waals surface area contributed by atoms with Crippen LogP contribution in [0.3, 0.4) is 0 Å². The van der Waals surface area contributed by atoms with E-state index in [1.54, 1.807) is 12.1 Å². The molecule has 2 N–H and O–H groups in total. The molecule has 4 heteroatoms. The normalized spacial score (nSPS) is 12.4. The maximum atomic E-state index is 13.8. The van der Waals surface area contributed by atoms with Crippen molar-refractivity contribution in [1.82, 2.24) is 0 Å². The third-order valence-electron chi connectivity index (χ3n) is 3.10. The highest BCUT2D eigenvalue weighted by Gasteiger charge is 2.15. The molecule has 0 saturated heterocycles. The van der Waals surface area contributed by atoms with Gasteiger partial charge in [-0.2, -0.15) is 0 Å². The van der Waals surface area contributed by atoms with Gasteiger partial charge in [-0.3, -0.25) is 0 Å². The first-order valence-electron chi connectivity index (χ1n) is 6.00. The lowest BCUT2D eigenvalue weighted by Crippen LogP contribution is -2.16. The van der Waals surface area contributed by atoms with Gasteiger partial charge in [-0.05, 0) is 48.4 Å². The SMILES string of the molecule is NCC(Cc1cc(Cl)ccc1F)c1ccccc1Br. The van der Waals surface area contributed by atoms with E-state index < -0.39 is 0 Å². The lowest BCUT2D eigenvalue weighted by atomic mass is 9.92. The number of nitrogens with two attached hydrogens (primary N) is 1. The molecule has 0 fully saturated rings. The van der Waals surface area contributed by atoms with E-state index in [0.29, 0.717) is 23.6 Å². The van der Waals surface area contributed by atoms with Gasteiger partial charge in [0.25, 0.3) is 0 Å². The van der Waals surface area contributed by atoms with Gasteiger partial charge in [0, 0.05) is 15.4 Å². The second-order valence-electron chi connectivity index (χ2n) is 4.39. The van der Waals surface area contributed by atoms with Gasteiger partial charge in [0.1, 0.15) is 5.82 Å². The summed E-state index contributed by atoms with van der Waals surface area (Å²) in [5, 5.41) is 0.541. The Morgan fingerprint density at radius 1 is 1.21 bits per heavy atom. The molecule has 0 amide bonds. The number of benzene rings is 2. The van der Waals surface area contributed by atoms with E-state index >= 15 is 0 Å². The lowest BCUT2D eigenvalue weighted by molar-refractivity contribution is 0.590. The van der Waals surface area contributed by atoms with Gasteiger partial charge in [-0.25, -0.2) is 4.39 Å². The standard InChI is InChI=1S/C15H14BrClFN/c16-14-4-2-1-3-13(14)11(9-19)7-10-8-12(17)5-6-15(10)18/h1-6,8,11H,7,9,19H2. The molecule has 19 heavy (non-hydrogen) atoms. The Labute approximate surface area is 125 Å². The molecular formula is C15H14BrClFN. The summed E-state index contributed by atoms with van der Waals surface area (Å²) in [5.41, 5.74) is 7.52. The number of hydrogen-bond donors (Lipinski definition) is 1. The maximum absolute atomic E-state index is 13.8. The van der Waals surface area contributed by atoms with Crippen LogP contribution in [0.4, 0.5) is 4.39 Å². The minimum atomic E-state index is -0.241. The fourth-order valence-corrected chi connectivity index (χ4v) is 2.89. The van der Waals surface area contributed by atoms with Crippen molar-refractivity contribution in [1.29, 1.82) is 0 Å². The van der Waals surface area contributed by atoms with Gasteiger partial charge in [0.2, 0.25) is 0 Å². The van der Waals surface area contributed by atoms with Gasteiger partial charge in [-0.15, -0.1) is 0 Å². The van der Waals surface area contributed by atoms with Crippen LogP contribution < -0.4 is 5.73 Å². The highest BCUT2D eigenvalue weighted by molar-refractivity contribution is 9.10. The Bertz CT molecular complexity index is 574. The summed E-state index contributed by atoms with van der Waals surface area (Å²) in [6, 6.07) is 12.5. The van der Waals surface area contributed by atoms with Crippen LogP contribution in [0.2, 0.25) is 5.02 Å². The highest BCUT2D eigenvalue weighted by atomic mass is 79.9. The molecule has 1 unspecified atom stereocenters. The average Bonchev–Trinajstić information content (AvgIpc) is 2.41. The molecule has 100 valence electrons. The van der Waals surface area contributed by atoms with Gasteiger partial charge >= 0.3 is 0 Å². The molecule has 2 rings (SSSR count). The van der Waals surface area contributed by atoms with Crippen molar-refractivity contribution >= 4 is 27.5 Å². The first-order chi connectivity index (χ1) is 9.11. The van der Waals surface area contributed by atoms with Gasteiger partial charge in [0.05, 0.1) is 0 Å². The molecule has 1 nitrogen and oxygen atoms in total. The van der Waals surface area contributed by atoms with E-state index in [2.05, 4.69) is 15.9 Å². The van der Waals surface area contributed by atoms with E-state index in [1.807, 2.05) is 24.3 Å². The average molecular weight is 343 g/mol. The Morgan fingerprint density at radius 2 is 1.95 bits per heavy atom. The molecule has 0 aliphatic carbocycles. The van der Waals surface area contributed by atoms with Crippen LogP contribution in [0.25, 0.3) is 0 Å². The molecule has 0 aliphatic heterocycles. The number of rotatable bonds is 4. The molecule has 0 radical (unpaired) electrons. The molecule has 0 spiro atoms. The summed E-state index contributed by atoms with van der Waals surface area (Å²) >= 11 is 9.42. The molecule has 2 aromatic rings. The van der Waals surface area contributed by atoms with Crippen molar-refractivity contribution in [3.05, 3.63) is 68.9 Å². The monoisotopic (exact) mass is 341 g/mol. The van der Waals surface area contributed by atoms with Crippen LogP contribution >= 0.6 is 27.5 Å². The Hall–Kier alpha value is -0.900. The second-order valence-corrected chi connectivity index (χ2v) is 5.68. The summed E-state index contributed by atoms with van der Waals surface area (Å²) in [5.74, 6) is -0.182. The predicted octanol–water partition coefficient (Wildman–Crippen LogP) is 4.53. The number of hydrogen-bond acceptors (Lipinski definition) is 1. The van der Waals surface area contributed by atoms with Crippen molar-refractivity contribution in [2.75, 3.05) is 6.54 Å². The lowest BCUT2D eigenvalue weighted by Gasteiger charge is -2.17. The summed E-state index contributed by atoms with van der Waals surface area (Å²) in [6.45, 7) is 0.453. The van der Waals surface area contributed by atoms with E-state index in [9.17, 15) is 4.39 Å². The Kier molecular flexibility index (Phi) is 4.97. The summed E-state index contributed by atoms with van der Waals surface area (Å²) in [4.78, 5) is 0. The topological polar surface area (TPSA) is 26.0 Å². The van der Waals surface area contributed by atoms with E-state index in [0.717, 1.165) is 10.0 Å². The van der Waals surface area contributed by atoms with Crippen LogP contribution in [0, 0.1) is 5.82 Å². The molecule has 0 saturated carbocycles. The van der Waals surface area contributed by atoms with Gasteiger partial charge in [-0.1, -0.05) is 45.7 Å². The number of halogens is 3. The fraction of sp³-hybridized carbons (Fsp3) is 0.200. The quantitative estimate of drug-likeness (QED) is 0.868. The molecule has 1 atom stereocenters. The predicted molar refractivity (Wildman–Crippen MR) is 81.1 cm³/mol. The van der Waals surface area contributed by atoms with Crippen LogP contribution in [0.15, 0.2) is 46.9 Å². The van der Waals surface area contributed by atoms with Crippen LogP contribution in [-0.4, -0.2) is 6.54 Å². The molecule has 0 aromatic heterocycles. The molecule has 0 bridgehead atoms. The third-order valence-corrected chi connectivity index (χ3v) is 4.06. The Morgan fingerprint density at radius 3 is 2.63 bits per heavy atom. The van der Waals surface area contributed by atoms with Gasteiger partial charge in [0.15, 0.2) is 0 Å². The summed E-state index contributed by atoms with van der Waals surface area (Å²) in [7, 11) is 0. The van der Waals surface area contributed by atoms with E-state index in [-0.39, 0.29) is 11.7 Å².